The van der Waals surface area contributed by atoms with Gasteiger partial charge in [0, 0.05) is 18.1 Å². The number of hydrogen-bond donors (Lipinski definition) is 1. The third-order valence-electron chi connectivity index (χ3n) is 4.47. The first-order chi connectivity index (χ1) is 8.81. The molecule has 2 N–H and O–H groups in total. The molecule has 0 aromatic heterocycles. The van der Waals surface area contributed by atoms with Crippen molar-refractivity contribution < 1.29 is 0 Å². The minimum absolute atomic E-state index is 0.221. The average molecular weight is 244 g/mol. The van der Waals surface area contributed by atoms with E-state index in [2.05, 4.69) is 36.1 Å². The zero-order chi connectivity index (χ0) is 12.5. The normalized spacial score (nSPS) is 26.6. The summed E-state index contributed by atoms with van der Waals surface area (Å²) in [5.74, 6) is 0. The van der Waals surface area contributed by atoms with Gasteiger partial charge in [-0.25, -0.2) is 0 Å². The van der Waals surface area contributed by atoms with Crippen LogP contribution in [0.15, 0.2) is 24.3 Å². The Balaban J connectivity index is 1.76. The SMILES string of the molecule is CCCCN(C1CC1)C1Cc2ccccc2C1N. The van der Waals surface area contributed by atoms with E-state index < -0.39 is 0 Å². The highest BCUT2D eigenvalue weighted by Gasteiger charge is 2.40. The first kappa shape index (κ1) is 12.2. The Bertz CT molecular complexity index is 411. The van der Waals surface area contributed by atoms with Crippen molar-refractivity contribution in [3.05, 3.63) is 35.4 Å². The van der Waals surface area contributed by atoms with Crippen LogP contribution in [-0.2, 0) is 6.42 Å². The van der Waals surface area contributed by atoms with Gasteiger partial charge in [0.05, 0.1) is 0 Å². The van der Waals surface area contributed by atoms with E-state index >= 15 is 0 Å². The Kier molecular flexibility index (Phi) is 3.40. The third-order valence-corrected chi connectivity index (χ3v) is 4.47. The molecular weight excluding hydrogens is 220 g/mol. The minimum Gasteiger partial charge on any atom is -0.323 e. The van der Waals surface area contributed by atoms with Gasteiger partial charge in [0.15, 0.2) is 0 Å². The molecule has 2 aliphatic carbocycles. The van der Waals surface area contributed by atoms with Gasteiger partial charge in [0.2, 0.25) is 0 Å². The fourth-order valence-corrected chi connectivity index (χ4v) is 3.29. The van der Waals surface area contributed by atoms with Crippen molar-refractivity contribution in [1.82, 2.24) is 4.90 Å². The Morgan fingerprint density at radius 3 is 2.72 bits per heavy atom. The van der Waals surface area contributed by atoms with Crippen LogP contribution < -0.4 is 5.73 Å². The lowest BCUT2D eigenvalue weighted by atomic mass is 10.1. The van der Waals surface area contributed by atoms with Crippen LogP contribution in [0.25, 0.3) is 0 Å². The lowest BCUT2D eigenvalue weighted by molar-refractivity contribution is 0.167. The predicted octanol–water partition coefficient (Wildman–Crippen LogP) is 2.88. The summed E-state index contributed by atoms with van der Waals surface area (Å²) in [5, 5.41) is 0. The summed E-state index contributed by atoms with van der Waals surface area (Å²) in [6.45, 7) is 3.50. The second-order valence-electron chi connectivity index (χ2n) is 5.82. The summed E-state index contributed by atoms with van der Waals surface area (Å²) >= 11 is 0. The molecule has 1 saturated carbocycles. The fourth-order valence-electron chi connectivity index (χ4n) is 3.29. The van der Waals surface area contributed by atoms with Crippen LogP contribution in [0, 0.1) is 0 Å². The first-order valence-corrected chi connectivity index (χ1v) is 7.40. The second kappa shape index (κ2) is 5.02. The quantitative estimate of drug-likeness (QED) is 0.863. The van der Waals surface area contributed by atoms with Gasteiger partial charge >= 0.3 is 0 Å². The number of benzene rings is 1. The standard InChI is InChI=1S/C16H24N2/c1-2-3-10-18(13-8-9-13)15-11-12-6-4-5-7-14(12)16(15)17/h4-7,13,15-16H,2-3,8-11,17H2,1H3. The number of hydrogen-bond acceptors (Lipinski definition) is 2. The maximum absolute atomic E-state index is 6.49. The maximum atomic E-state index is 6.49. The van der Waals surface area contributed by atoms with Crippen LogP contribution in [0.2, 0.25) is 0 Å². The summed E-state index contributed by atoms with van der Waals surface area (Å²) in [7, 11) is 0. The fraction of sp³-hybridized carbons (Fsp3) is 0.625. The molecule has 98 valence electrons. The van der Waals surface area contributed by atoms with E-state index in [1.807, 2.05) is 0 Å². The van der Waals surface area contributed by atoms with E-state index in [1.54, 1.807) is 0 Å². The molecule has 1 aromatic rings. The lowest BCUT2D eigenvalue weighted by Crippen LogP contribution is -2.43. The van der Waals surface area contributed by atoms with Gasteiger partial charge in [-0.3, -0.25) is 4.90 Å². The van der Waals surface area contributed by atoms with E-state index in [0.29, 0.717) is 6.04 Å². The van der Waals surface area contributed by atoms with Crippen LogP contribution in [0.3, 0.4) is 0 Å². The summed E-state index contributed by atoms with van der Waals surface area (Å²) < 4.78 is 0. The monoisotopic (exact) mass is 244 g/mol. The van der Waals surface area contributed by atoms with Crippen molar-refractivity contribution in [2.45, 2.75) is 57.2 Å². The van der Waals surface area contributed by atoms with E-state index in [-0.39, 0.29) is 6.04 Å². The largest absolute Gasteiger partial charge is 0.323 e. The molecule has 18 heavy (non-hydrogen) atoms. The van der Waals surface area contributed by atoms with Crippen molar-refractivity contribution in [3.63, 3.8) is 0 Å². The Morgan fingerprint density at radius 2 is 2.06 bits per heavy atom. The number of fused-ring (bicyclic) bond motifs is 1. The molecule has 0 amide bonds. The van der Waals surface area contributed by atoms with E-state index in [4.69, 9.17) is 5.73 Å². The summed E-state index contributed by atoms with van der Waals surface area (Å²) in [6, 6.07) is 10.3. The van der Waals surface area contributed by atoms with Crippen LogP contribution in [0.4, 0.5) is 0 Å². The van der Waals surface area contributed by atoms with Gasteiger partial charge in [-0.15, -0.1) is 0 Å². The Labute approximate surface area is 110 Å². The van der Waals surface area contributed by atoms with Crippen LogP contribution in [-0.4, -0.2) is 23.5 Å². The predicted molar refractivity (Wildman–Crippen MR) is 75.5 cm³/mol. The Morgan fingerprint density at radius 1 is 1.28 bits per heavy atom. The summed E-state index contributed by atoms with van der Waals surface area (Å²) in [4.78, 5) is 2.70. The van der Waals surface area contributed by atoms with Crippen LogP contribution >= 0.6 is 0 Å². The highest BCUT2D eigenvalue weighted by atomic mass is 15.2. The molecular formula is C16H24N2. The number of rotatable bonds is 5. The highest BCUT2D eigenvalue weighted by molar-refractivity contribution is 5.37. The topological polar surface area (TPSA) is 29.3 Å². The molecule has 2 heteroatoms. The molecule has 1 fully saturated rings. The molecule has 0 aliphatic heterocycles. The molecule has 2 aliphatic rings. The zero-order valence-corrected chi connectivity index (χ0v) is 11.3. The van der Waals surface area contributed by atoms with Crippen molar-refractivity contribution in [3.8, 4) is 0 Å². The molecule has 2 unspecified atom stereocenters. The lowest BCUT2D eigenvalue weighted by Gasteiger charge is -2.32. The molecule has 0 heterocycles. The van der Waals surface area contributed by atoms with Gasteiger partial charge < -0.3 is 5.73 Å². The van der Waals surface area contributed by atoms with Crippen molar-refractivity contribution in [2.75, 3.05) is 6.54 Å². The molecule has 2 atom stereocenters. The smallest absolute Gasteiger partial charge is 0.0459 e. The molecule has 2 nitrogen and oxygen atoms in total. The van der Waals surface area contributed by atoms with Crippen LogP contribution in [0.5, 0.6) is 0 Å². The summed E-state index contributed by atoms with van der Waals surface area (Å²) in [6.07, 6.45) is 6.48. The zero-order valence-electron chi connectivity index (χ0n) is 11.3. The summed E-state index contributed by atoms with van der Waals surface area (Å²) in [5.41, 5.74) is 9.34. The van der Waals surface area contributed by atoms with Crippen LogP contribution in [0.1, 0.15) is 49.8 Å². The van der Waals surface area contributed by atoms with Gasteiger partial charge in [-0.2, -0.15) is 0 Å². The van der Waals surface area contributed by atoms with Gasteiger partial charge in [0.25, 0.3) is 0 Å². The third kappa shape index (κ3) is 2.19. The molecule has 0 saturated heterocycles. The van der Waals surface area contributed by atoms with Crippen molar-refractivity contribution in [2.24, 2.45) is 5.73 Å². The molecule has 0 bridgehead atoms. The first-order valence-electron chi connectivity index (χ1n) is 7.40. The van der Waals surface area contributed by atoms with Gasteiger partial charge in [0.1, 0.15) is 0 Å². The van der Waals surface area contributed by atoms with Gasteiger partial charge in [-0.05, 0) is 43.4 Å². The number of nitrogens with two attached hydrogens (primary N) is 1. The highest BCUT2D eigenvalue weighted by Crippen LogP contribution is 2.38. The Hall–Kier alpha value is -0.860. The van der Waals surface area contributed by atoms with E-state index in [9.17, 15) is 0 Å². The van der Waals surface area contributed by atoms with E-state index in [1.165, 1.54) is 43.4 Å². The average Bonchev–Trinajstić information content (AvgIpc) is 3.17. The molecule has 0 radical (unpaired) electrons. The van der Waals surface area contributed by atoms with Gasteiger partial charge in [-0.1, -0.05) is 37.6 Å². The molecule has 0 spiro atoms. The van der Waals surface area contributed by atoms with E-state index in [0.717, 1.165) is 12.5 Å². The minimum atomic E-state index is 0.221. The second-order valence-corrected chi connectivity index (χ2v) is 5.82. The maximum Gasteiger partial charge on any atom is 0.0459 e. The molecule has 3 rings (SSSR count). The molecule has 1 aromatic carbocycles. The van der Waals surface area contributed by atoms with Crippen molar-refractivity contribution in [1.29, 1.82) is 0 Å². The number of nitrogens with zero attached hydrogens (tertiary/aromatic N) is 1. The van der Waals surface area contributed by atoms with Crippen molar-refractivity contribution >= 4 is 0 Å². The number of unbranched alkanes of at least 4 members (excludes halogenated alkanes) is 1.